The summed E-state index contributed by atoms with van der Waals surface area (Å²) in [5.41, 5.74) is 6.19. The molecular weight excluding hydrogens is 374 g/mol. The topological polar surface area (TPSA) is 92.5 Å². The summed E-state index contributed by atoms with van der Waals surface area (Å²) in [5, 5.41) is 3.04. The molecule has 8 heteroatoms. The highest BCUT2D eigenvalue weighted by Gasteiger charge is 2.27. The Bertz CT molecular complexity index is 693. The van der Waals surface area contributed by atoms with Crippen LogP contribution in [0.5, 0.6) is 0 Å². The van der Waals surface area contributed by atoms with Crippen LogP contribution in [0.15, 0.2) is 29.2 Å². The minimum atomic E-state index is -3.57. The normalized spacial score (nSPS) is 20.5. The Balaban J connectivity index is 0.00000338. The molecule has 0 heterocycles. The summed E-state index contributed by atoms with van der Waals surface area (Å²) >= 11 is 0. The molecule has 2 atom stereocenters. The van der Waals surface area contributed by atoms with Gasteiger partial charge in [0.15, 0.2) is 0 Å². The maximum Gasteiger partial charge on any atom is 0.251 e. The van der Waals surface area contributed by atoms with Gasteiger partial charge in [-0.05, 0) is 43.5 Å². The first-order valence-electron chi connectivity index (χ1n) is 9.05. The second-order valence-electron chi connectivity index (χ2n) is 6.48. The first kappa shape index (κ1) is 22.9. The van der Waals surface area contributed by atoms with Crippen LogP contribution in [-0.4, -0.2) is 44.3 Å². The average Bonchev–Trinajstić information content (AvgIpc) is 2.63. The summed E-state index contributed by atoms with van der Waals surface area (Å²) in [4.78, 5) is 12.8. The quantitative estimate of drug-likeness (QED) is 0.731. The Hall–Kier alpha value is -1.15. The van der Waals surface area contributed by atoms with Crippen LogP contribution in [0.4, 0.5) is 0 Å². The molecular formula is C18H30ClN3O3S. The van der Waals surface area contributed by atoms with E-state index in [0.717, 1.165) is 25.7 Å². The van der Waals surface area contributed by atoms with Crippen LogP contribution < -0.4 is 11.1 Å². The molecule has 0 aliphatic heterocycles. The number of amides is 1. The Morgan fingerprint density at radius 2 is 1.88 bits per heavy atom. The average molecular weight is 404 g/mol. The van der Waals surface area contributed by atoms with Gasteiger partial charge in [-0.3, -0.25) is 4.79 Å². The number of benzene rings is 1. The molecule has 2 unspecified atom stereocenters. The summed E-state index contributed by atoms with van der Waals surface area (Å²) < 4.78 is 26.7. The molecule has 148 valence electrons. The third kappa shape index (κ3) is 5.19. The maximum atomic E-state index is 12.6. The zero-order valence-corrected chi connectivity index (χ0v) is 17.1. The summed E-state index contributed by atoms with van der Waals surface area (Å²) in [7, 11) is -3.57. The van der Waals surface area contributed by atoms with E-state index in [1.807, 2.05) is 0 Å². The zero-order chi connectivity index (χ0) is 18.4. The van der Waals surface area contributed by atoms with Crippen molar-refractivity contribution in [2.24, 2.45) is 11.7 Å². The molecule has 1 aromatic rings. The van der Waals surface area contributed by atoms with Crippen LogP contribution in [0, 0.1) is 5.92 Å². The molecule has 1 amide bonds. The van der Waals surface area contributed by atoms with E-state index in [2.05, 4.69) is 5.32 Å². The lowest BCUT2D eigenvalue weighted by molar-refractivity contribution is 0.0908. The van der Waals surface area contributed by atoms with Gasteiger partial charge in [-0.2, -0.15) is 4.31 Å². The molecule has 1 fully saturated rings. The number of nitrogens with zero attached hydrogens (tertiary/aromatic N) is 1. The van der Waals surface area contributed by atoms with Crippen molar-refractivity contribution < 1.29 is 13.2 Å². The zero-order valence-electron chi connectivity index (χ0n) is 15.5. The molecule has 1 aliphatic carbocycles. The fourth-order valence-corrected chi connectivity index (χ4v) is 4.95. The van der Waals surface area contributed by atoms with Gasteiger partial charge in [0.25, 0.3) is 5.91 Å². The van der Waals surface area contributed by atoms with E-state index in [1.165, 1.54) is 16.4 Å². The van der Waals surface area contributed by atoms with E-state index in [9.17, 15) is 13.2 Å². The van der Waals surface area contributed by atoms with Gasteiger partial charge in [0.2, 0.25) is 10.0 Å². The number of nitrogens with two attached hydrogens (primary N) is 1. The van der Waals surface area contributed by atoms with Crippen LogP contribution in [0.1, 0.15) is 49.9 Å². The van der Waals surface area contributed by atoms with Crippen molar-refractivity contribution in [1.29, 1.82) is 0 Å². The second kappa shape index (κ2) is 10.3. The summed E-state index contributed by atoms with van der Waals surface area (Å²) in [6, 6.07) is 6.33. The third-order valence-electron chi connectivity index (χ3n) is 4.97. The lowest BCUT2D eigenvalue weighted by Crippen LogP contribution is -2.44. The van der Waals surface area contributed by atoms with Crippen molar-refractivity contribution in [3.63, 3.8) is 0 Å². The SMILES string of the molecule is CCN(CC)S(=O)(=O)c1cccc(C(=O)NC2CCCCC2CN)c1.Cl. The van der Waals surface area contributed by atoms with Crippen LogP contribution in [-0.2, 0) is 10.0 Å². The molecule has 0 saturated heterocycles. The third-order valence-corrected chi connectivity index (χ3v) is 7.01. The predicted octanol–water partition coefficient (Wildman–Crippen LogP) is 2.39. The molecule has 1 aliphatic rings. The minimum Gasteiger partial charge on any atom is -0.349 e. The molecule has 6 nitrogen and oxygen atoms in total. The molecule has 0 aromatic heterocycles. The first-order valence-corrected chi connectivity index (χ1v) is 10.5. The van der Waals surface area contributed by atoms with Crippen molar-refractivity contribution in [2.75, 3.05) is 19.6 Å². The number of rotatable bonds is 7. The minimum absolute atomic E-state index is 0. The van der Waals surface area contributed by atoms with Crippen molar-refractivity contribution in [2.45, 2.75) is 50.5 Å². The highest BCUT2D eigenvalue weighted by atomic mass is 35.5. The van der Waals surface area contributed by atoms with Gasteiger partial charge in [-0.25, -0.2) is 8.42 Å². The smallest absolute Gasteiger partial charge is 0.251 e. The highest BCUT2D eigenvalue weighted by Crippen LogP contribution is 2.24. The summed E-state index contributed by atoms with van der Waals surface area (Å²) in [5.74, 6) is 0.0576. The lowest BCUT2D eigenvalue weighted by atomic mass is 9.84. The molecule has 0 radical (unpaired) electrons. The molecule has 0 spiro atoms. The van der Waals surface area contributed by atoms with E-state index in [-0.39, 0.29) is 29.3 Å². The molecule has 0 bridgehead atoms. The van der Waals surface area contributed by atoms with Gasteiger partial charge in [0.05, 0.1) is 4.90 Å². The summed E-state index contributed by atoms with van der Waals surface area (Å²) in [6.45, 7) is 4.95. The van der Waals surface area contributed by atoms with Gasteiger partial charge in [-0.1, -0.05) is 32.8 Å². The number of carbonyl (C=O) groups is 1. The Labute approximate surface area is 163 Å². The van der Waals surface area contributed by atoms with Crippen molar-refractivity contribution in [3.05, 3.63) is 29.8 Å². The summed E-state index contributed by atoms with van der Waals surface area (Å²) in [6.07, 6.45) is 4.17. The van der Waals surface area contributed by atoms with Gasteiger partial charge in [-0.15, -0.1) is 12.4 Å². The molecule has 26 heavy (non-hydrogen) atoms. The molecule has 1 aromatic carbocycles. The Morgan fingerprint density at radius 1 is 1.23 bits per heavy atom. The standard InChI is InChI=1S/C18H29N3O3S.ClH/c1-3-21(4-2)25(23,24)16-10-7-9-14(12-16)18(22)20-17-11-6-5-8-15(17)13-19;/h7,9-10,12,15,17H,3-6,8,11,13,19H2,1-2H3,(H,20,22);1H. The van der Waals surface area contributed by atoms with Gasteiger partial charge in [0.1, 0.15) is 0 Å². The number of nitrogens with one attached hydrogen (secondary N) is 1. The van der Waals surface area contributed by atoms with Gasteiger partial charge >= 0.3 is 0 Å². The van der Waals surface area contributed by atoms with Gasteiger partial charge in [0, 0.05) is 24.7 Å². The molecule has 1 saturated carbocycles. The van der Waals surface area contributed by atoms with Crippen LogP contribution >= 0.6 is 12.4 Å². The fraction of sp³-hybridized carbons (Fsp3) is 0.611. The number of carbonyl (C=O) groups excluding carboxylic acids is 1. The molecule has 3 N–H and O–H groups in total. The number of hydrogen-bond donors (Lipinski definition) is 2. The van der Waals surface area contributed by atoms with Gasteiger partial charge < -0.3 is 11.1 Å². The lowest BCUT2D eigenvalue weighted by Gasteiger charge is -2.31. The van der Waals surface area contributed by atoms with E-state index >= 15 is 0 Å². The maximum absolute atomic E-state index is 12.6. The number of halogens is 1. The largest absolute Gasteiger partial charge is 0.349 e. The molecule has 2 rings (SSSR count). The van der Waals surface area contributed by atoms with E-state index < -0.39 is 10.0 Å². The van der Waals surface area contributed by atoms with Crippen molar-refractivity contribution >= 4 is 28.3 Å². The Morgan fingerprint density at radius 3 is 2.50 bits per heavy atom. The fourth-order valence-electron chi connectivity index (χ4n) is 3.44. The van der Waals surface area contributed by atoms with Crippen LogP contribution in [0.2, 0.25) is 0 Å². The van der Waals surface area contributed by atoms with Crippen molar-refractivity contribution in [3.8, 4) is 0 Å². The number of hydrogen-bond acceptors (Lipinski definition) is 4. The Kier molecular flexibility index (Phi) is 9.03. The second-order valence-corrected chi connectivity index (χ2v) is 8.42. The van der Waals surface area contributed by atoms with E-state index in [1.54, 1.807) is 26.0 Å². The van der Waals surface area contributed by atoms with E-state index in [4.69, 9.17) is 5.73 Å². The monoisotopic (exact) mass is 403 g/mol. The first-order chi connectivity index (χ1) is 11.9. The van der Waals surface area contributed by atoms with E-state index in [0.29, 0.717) is 31.1 Å². The van der Waals surface area contributed by atoms with Crippen LogP contribution in [0.25, 0.3) is 0 Å². The number of sulfonamides is 1. The van der Waals surface area contributed by atoms with Crippen molar-refractivity contribution in [1.82, 2.24) is 9.62 Å². The van der Waals surface area contributed by atoms with Crippen LogP contribution in [0.3, 0.4) is 0 Å². The highest BCUT2D eigenvalue weighted by molar-refractivity contribution is 7.89. The predicted molar refractivity (Wildman–Crippen MR) is 106 cm³/mol.